The molecule has 19 heavy (non-hydrogen) atoms. The van der Waals surface area contributed by atoms with Crippen molar-refractivity contribution in [2.24, 2.45) is 0 Å². The number of ether oxygens (including phenoxy) is 2. The molecule has 1 heterocycles. The van der Waals surface area contributed by atoms with Gasteiger partial charge in [-0.05, 0) is 23.3 Å². The summed E-state index contributed by atoms with van der Waals surface area (Å²) in [5, 5.41) is 1.16. The van der Waals surface area contributed by atoms with E-state index in [-0.39, 0.29) is 0 Å². The van der Waals surface area contributed by atoms with Gasteiger partial charge in [0.25, 0.3) is 0 Å². The average Bonchev–Trinajstić information content (AvgIpc) is 2.62. The van der Waals surface area contributed by atoms with Crippen molar-refractivity contribution < 1.29 is 9.47 Å². The molecule has 0 aromatic heterocycles. The van der Waals surface area contributed by atoms with Crippen molar-refractivity contribution in [3.63, 3.8) is 0 Å². The maximum atomic E-state index is 6.18. The molecule has 1 aliphatic rings. The van der Waals surface area contributed by atoms with E-state index in [1.54, 1.807) is 12.1 Å². The van der Waals surface area contributed by atoms with Crippen LogP contribution in [-0.2, 0) is 22.7 Å². The molecule has 0 radical (unpaired) electrons. The molecule has 0 N–H and O–H groups in total. The first kappa shape index (κ1) is 12.9. The highest BCUT2D eigenvalue weighted by Crippen LogP contribution is 2.32. The standard InChI is InChI=1S/C15H12Cl2O2/c16-12-5-6-13(14(17)7-12)15-18-8-10-3-1-2-4-11(10)9-19-15/h1-7,15H,8-9H2. The lowest BCUT2D eigenvalue weighted by atomic mass is 10.1. The molecule has 0 amide bonds. The molecule has 2 nitrogen and oxygen atoms in total. The van der Waals surface area contributed by atoms with Crippen LogP contribution in [0.2, 0.25) is 10.0 Å². The van der Waals surface area contributed by atoms with Crippen LogP contribution in [0.5, 0.6) is 0 Å². The zero-order valence-corrected chi connectivity index (χ0v) is 11.6. The largest absolute Gasteiger partial charge is 0.344 e. The third kappa shape index (κ3) is 2.77. The molecule has 4 heteroatoms. The van der Waals surface area contributed by atoms with Crippen molar-refractivity contribution in [2.45, 2.75) is 19.5 Å². The van der Waals surface area contributed by atoms with E-state index in [1.807, 2.05) is 30.3 Å². The Morgan fingerprint density at radius 3 is 2.11 bits per heavy atom. The van der Waals surface area contributed by atoms with E-state index in [1.165, 1.54) is 0 Å². The Bertz CT molecular complexity index is 571. The second-order valence-electron chi connectivity index (χ2n) is 4.39. The Kier molecular flexibility index (Phi) is 3.76. The minimum Gasteiger partial charge on any atom is -0.344 e. The quantitative estimate of drug-likeness (QED) is 0.756. The molecule has 0 aliphatic carbocycles. The van der Waals surface area contributed by atoms with Gasteiger partial charge in [-0.25, -0.2) is 0 Å². The minimum absolute atomic E-state index is 0.461. The second kappa shape index (κ2) is 5.51. The van der Waals surface area contributed by atoms with Gasteiger partial charge in [0.1, 0.15) is 0 Å². The Hall–Kier alpha value is -1.06. The van der Waals surface area contributed by atoms with Crippen molar-refractivity contribution in [3.05, 3.63) is 69.2 Å². The molecule has 0 atom stereocenters. The fourth-order valence-corrected chi connectivity index (χ4v) is 2.59. The molecule has 2 aromatic rings. The average molecular weight is 295 g/mol. The molecule has 1 aliphatic heterocycles. The highest BCUT2D eigenvalue weighted by atomic mass is 35.5. The summed E-state index contributed by atoms with van der Waals surface area (Å²) in [7, 11) is 0. The molecule has 0 saturated carbocycles. The van der Waals surface area contributed by atoms with Crippen molar-refractivity contribution in [1.82, 2.24) is 0 Å². The Morgan fingerprint density at radius 1 is 0.895 bits per heavy atom. The van der Waals surface area contributed by atoms with Crippen LogP contribution in [0.4, 0.5) is 0 Å². The van der Waals surface area contributed by atoms with E-state index in [0.29, 0.717) is 23.3 Å². The number of benzene rings is 2. The molecule has 0 bridgehead atoms. The van der Waals surface area contributed by atoms with E-state index in [9.17, 15) is 0 Å². The molecule has 0 spiro atoms. The van der Waals surface area contributed by atoms with Crippen LogP contribution in [0.3, 0.4) is 0 Å². The Balaban J connectivity index is 1.85. The fourth-order valence-electron chi connectivity index (χ4n) is 2.09. The van der Waals surface area contributed by atoms with Crippen molar-refractivity contribution >= 4 is 23.2 Å². The predicted octanol–water partition coefficient (Wildman–Crippen LogP) is 4.74. The van der Waals surface area contributed by atoms with Gasteiger partial charge in [-0.2, -0.15) is 0 Å². The summed E-state index contributed by atoms with van der Waals surface area (Å²) in [6.07, 6.45) is -0.461. The molecular formula is C15H12Cl2O2. The van der Waals surface area contributed by atoms with Crippen LogP contribution >= 0.6 is 23.2 Å². The maximum absolute atomic E-state index is 6.18. The third-order valence-corrected chi connectivity index (χ3v) is 3.68. The summed E-state index contributed by atoms with van der Waals surface area (Å²) < 4.78 is 11.6. The summed E-state index contributed by atoms with van der Waals surface area (Å²) in [4.78, 5) is 0. The SMILES string of the molecule is Clc1ccc(C2OCc3ccccc3CO2)c(Cl)c1. The number of fused-ring (bicyclic) bond motifs is 1. The van der Waals surface area contributed by atoms with Crippen LogP contribution < -0.4 is 0 Å². The number of halogens is 2. The first-order chi connectivity index (χ1) is 9.24. The van der Waals surface area contributed by atoms with E-state index in [0.717, 1.165) is 16.7 Å². The molecular weight excluding hydrogens is 283 g/mol. The number of hydrogen-bond donors (Lipinski definition) is 0. The molecule has 98 valence electrons. The van der Waals surface area contributed by atoms with E-state index in [4.69, 9.17) is 32.7 Å². The molecule has 0 unspecified atom stereocenters. The normalized spacial score (nSPS) is 15.9. The molecule has 3 rings (SSSR count). The highest BCUT2D eigenvalue weighted by molar-refractivity contribution is 6.35. The summed E-state index contributed by atoms with van der Waals surface area (Å²) in [5.74, 6) is 0. The smallest absolute Gasteiger partial charge is 0.186 e. The zero-order chi connectivity index (χ0) is 13.2. The zero-order valence-electron chi connectivity index (χ0n) is 10.1. The molecule has 2 aromatic carbocycles. The van der Waals surface area contributed by atoms with E-state index >= 15 is 0 Å². The van der Waals surface area contributed by atoms with Gasteiger partial charge in [0, 0.05) is 10.6 Å². The van der Waals surface area contributed by atoms with Crippen LogP contribution in [0.25, 0.3) is 0 Å². The summed E-state index contributed by atoms with van der Waals surface area (Å²) in [5.41, 5.74) is 3.10. The summed E-state index contributed by atoms with van der Waals surface area (Å²) >= 11 is 12.1. The van der Waals surface area contributed by atoms with E-state index < -0.39 is 6.29 Å². The Morgan fingerprint density at radius 2 is 1.53 bits per heavy atom. The lowest BCUT2D eigenvalue weighted by molar-refractivity contribution is -0.153. The van der Waals surface area contributed by atoms with Gasteiger partial charge in [0.2, 0.25) is 0 Å². The number of hydrogen-bond acceptors (Lipinski definition) is 2. The second-order valence-corrected chi connectivity index (χ2v) is 5.23. The van der Waals surface area contributed by atoms with Crippen molar-refractivity contribution in [2.75, 3.05) is 0 Å². The topological polar surface area (TPSA) is 18.5 Å². The monoisotopic (exact) mass is 294 g/mol. The van der Waals surface area contributed by atoms with Gasteiger partial charge in [-0.15, -0.1) is 0 Å². The molecule has 0 saturated heterocycles. The lowest BCUT2D eigenvalue weighted by Crippen LogP contribution is -2.06. The maximum Gasteiger partial charge on any atom is 0.186 e. The summed E-state index contributed by atoms with van der Waals surface area (Å²) in [6.45, 7) is 1.03. The van der Waals surface area contributed by atoms with Crippen molar-refractivity contribution in [3.8, 4) is 0 Å². The highest BCUT2D eigenvalue weighted by Gasteiger charge is 2.20. The Labute approximate surface area is 121 Å². The molecule has 0 fully saturated rings. The van der Waals surface area contributed by atoms with Gasteiger partial charge in [0.05, 0.1) is 18.2 Å². The fraction of sp³-hybridized carbons (Fsp3) is 0.200. The summed E-state index contributed by atoms with van der Waals surface area (Å²) in [6, 6.07) is 13.4. The van der Waals surface area contributed by atoms with E-state index in [2.05, 4.69) is 0 Å². The van der Waals surface area contributed by atoms with Crippen LogP contribution in [0, 0.1) is 0 Å². The van der Waals surface area contributed by atoms with Crippen LogP contribution in [-0.4, -0.2) is 0 Å². The minimum atomic E-state index is -0.461. The first-order valence-corrected chi connectivity index (χ1v) is 6.74. The first-order valence-electron chi connectivity index (χ1n) is 5.99. The number of rotatable bonds is 1. The van der Waals surface area contributed by atoms with Crippen molar-refractivity contribution in [1.29, 1.82) is 0 Å². The van der Waals surface area contributed by atoms with Crippen LogP contribution in [0.1, 0.15) is 23.0 Å². The van der Waals surface area contributed by atoms with Gasteiger partial charge < -0.3 is 9.47 Å². The predicted molar refractivity (Wildman–Crippen MR) is 75.2 cm³/mol. The van der Waals surface area contributed by atoms with Crippen LogP contribution in [0.15, 0.2) is 42.5 Å². The van der Waals surface area contributed by atoms with Gasteiger partial charge in [-0.1, -0.05) is 53.5 Å². The third-order valence-electron chi connectivity index (χ3n) is 3.12. The van der Waals surface area contributed by atoms with Gasteiger partial charge in [-0.3, -0.25) is 0 Å². The van der Waals surface area contributed by atoms with Gasteiger partial charge in [0.15, 0.2) is 6.29 Å². The van der Waals surface area contributed by atoms with Gasteiger partial charge >= 0.3 is 0 Å². The lowest BCUT2D eigenvalue weighted by Gasteiger charge is -2.17.